The highest BCUT2D eigenvalue weighted by Crippen LogP contribution is 2.22. The summed E-state index contributed by atoms with van der Waals surface area (Å²) < 4.78 is 10.6. The van der Waals surface area contributed by atoms with Crippen LogP contribution >= 0.6 is 0 Å². The second kappa shape index (κ2) is 8.12. The van der Waals surface area contributed by atoms with Gasteiger partial charge in [0.15, 0.2) is 0 Å². The van der Waals surface area contributed by atoms with Gasteiger partial charge in [-0.2, -0.15) is 0 Å². The topological polar surface area (TPSA) is 33.7 Å². The predicted molar refractivity (Wildman–Crippen MR) is 83.6 cm³/mol. The molecule has 0 amide bonds. The van der Waals surface area contributed by atoms with E-state index in [0.717, 1.165) is 24.6 Å². The molecule has 114 valence electrons. The molecule has 1 rings (SSSR count). The molecule has 0 spiro atoms. The number of nitrogens with zero attached hydrogens (tertiary/aromatic N) is 1. The van der Waals surface area contributed by atoms with Gasteiger partial charge in [0.25, 0.3) is 0 Å². The normalized spacial score (nSPS) is 12.8. The van der Waals surface area contributed by atoms with Gasteiger partial charge < -0.3 is 19.7 Å². The molecular weight excluding hydrogens is 252 g/mol. The zero-order valence-electron chi connectivity index (χ0n) is 13.6. The van der Waals surface area contributed by atoms with E-state index in [2.05, 4.69) is 38.2 Å². The van der Waals surface area contributed by atoms with Crippen molar-refractivity contribution in [2.45, 2.75) is 26.4 Å². The third-order valence-electron chi connectivity index (χ3n) is 3.53. The van der Waals surface area contributed by atoms with Gasteiger partial charge in [0.05, 0.1) is 14.2 Å². The standard InChI is InChI=1S/C16H28N2O2/c1-12(2)16(18(3)4)11-17-10-13-7-14(19-5)9-15(8-13)20-6/h7-9,12,16-17H,10-11H2,1-6H3. The number of ether oxygens (including phenoxy) is 2. The van der Waals surface area contributed by atoms with Crippen LogP contribution in [0.2, 0.25) is 0 Å². The van der Waals surface area contributed by atoms with Crippen LogP contribution in [0.3, 0.4) is 0 Å². The highest BCUT2D eigenvalue weighted by atomic mass is 16.5. The first-order valence-corrected chi connectivity index (χ1v) is 7.07. The zero-order chi connectivity index (χ0) is 15.1. The summed E-state index contributed by atoms with van der Waals surface area (Å²) in [6, 6.07) is 6.49. The van der Waals surface area contributed by atoms with Gasteiger partial charge in [-0.1, -0.05) is 13.8 Å². The molecule has 4 heteroatoms. The van der Waals surface area contributed by atoms with Gasteiger partial charge in [-0.25, -0.2) is 0 Å². The van der Waals surface area contributed by atoms with Crippen LogP contribution in [0.25, 0.3) is 0 Å². The van der Waals surface area contributed by atoms with E-state index in [1.807, 2.05) is 18.2 Å². The average Bonchev–Trinajstić information content (AvgIpc) is 2.42. The predicted octanol–water partition coefficient (Wildman–Crippen LogP) is 2.38. The van der Waals surface area contributed by atoms with Crippen molar-refractivity contribution in [3.63, 3.8) is 0 Å². The first-order chi connectivity index (χ1) is 9.47. The molecule has 20 heavy (non-hydrogen) atoms. The van der Waals surface area contributed by atoms with Gasteiger partial charge in [-0.3, -0.25) is 0 Å². The fraction of sp³-hybridized carbons (Fsp3) is 0.625. The first kappa shape index (κ1) is 16.8. The molecule has 1 N–H and O–H groups in total. The van der Waals surface area contributed by atoms with E-state index in [0.29, 0.717) is 12.0 Å². The van der Waals surface area contributed by atoms with Crippen LogP contribution in [-0.2, 0) is 6.54 Å². The Morgan fingerprint density at radius 2 is 1.60 bits per heavy atom. The monoisotopic (exact) mass is 280 g/mol. The van der Waals surface area contributed by atoms with Gasteiger partial charge in [0.1, 0.15) is 11.5 Å². The van der Waals surface area contributed by atoms with Gasteiger partial charge in [0, 0.05) is 25.2 Å². The quantitative estimate of drug-likeness (QED) is 0.793. The fourth-order valence-corrected chi connectivity index (χ4v) is 2.35. The molecule has 1 aromatic carbocycles. The van der Waals surface area contributed by atoms with E-state index in [1.165, 1.54) is 5.56 Å². The van der Waals surface area contributed by atoms with Crippen molar-refractivity contribution in [2.75, 3.05) is 34.9 Å². The lowest BCUT2D eigenvalue weighted by atomic mass is 10.0. The van der Waals surface area contributed by atoms with Crippen LogP contribution in [0.15, 0.2) is 18.2 Å². The van der Waals surface area contributed by atoms with Crippen molar-refractivity contribution in [2.24, 2.45) is 5.92 Å². The summed E-state index contributed by atoms with van der Waals surface area (Å²) in [4.78, 5) is 2.27. The van der Waals surface area contributed by atoms with E-state index in [-0.39, 0.29) is 0 Å². The number of nitrogens with one attached hydrogen (secondary N) is 1. The molecule has 0 saturated heterocycles. The summed E-state index contributed by atoms with van der Waals surface area (Å²) in [6.45, 7) is 6.27. The lowest BCUT2D eigenvalue weighted by Crippen LogP contribution is -2.41. The summed E-state index contributed by atoms with van der Waals surface area (Å²) in [7, 11) is 7.60. The number of rotatable bonds is 8. The Kier molecular flexibility index (Phi) is 6.82. The van der Waals surface area contributed by atoms with Gasteiger partial charge in [-0.05, 0) is 37.7 Å². The zero-order valence-corrected chi connectivity index (χ0v) is 13.6. The molecule has 0 radical (unpaired) electrons. The first-order valence-electron chi connectivity index (χ1n) is 7.07. The molecular formula is C16H28N2O2. The second-order valence-electron chi connectivity index (χ2n) is 5.63. The molecule has 4 nitrogen and oxygen atoms in total. The number of benzene rings is 1. The molecule has 1 aromatic rings. The number of methoxy groups -OCH3 is 2. The maximum atomic E-state index is 5.29. The highest BCUT2D eigenvalue weighted by molar-refractivity contribution is 5.38. The Morgan fingerprint density at radius 1 is 1.05 bits per heavy atom. The molecule has 0 aromatic heterocycles. The Morgan fingerprint density at radius 3 is 2.00 bits per heavy atom. The Hall–Kier alpha value is -1.26. The summed E-state index contributed by atoms with van der Waals surface area (Å²) in [5.41, 5.74) is 1.17. The Bertz CT molecular complexity index is 375. The molecule has 0 heterocycles. The molecule has 0 saturated carbocycles. The minimum absolute atomic E-state index is 0.530. The summed E-state index contributed by atoms with van der Waals surface area (Å²) in [5.74, 6) is 2.28. The highest BCUT2D eigenvalue weighted by Gasteiger charge is 2.14. The van der Waals surface area contributed by atoms with Crippen molar-refractivity contribution >= 4 is 0 Å². The lowest BCUT2D eigenvalue weighted by Gasteiger charge is -2.28. The maximum absolute atomic E-state index is 5.29. The number of likely N-dealkylation sites (N-methyl/N-ethyl adjacent to an activating group) is 1. The number of hydrogen-bond acceptors (Lipinski definition) is 4. The minimum atomic E-state index is 0.530. The van der Waals surface area contributed by atoms with Gasteiger partial charge in [-0.15, -0.1) is 0 Å². The van der Waals surface area contributed by atoms with E-state index in [9.17, 15) is 0 Å². The molecule has 0 aliphatic heterocycles. The SMILES string of the molecule is COc1cc(CNCC(C(C)C)N(C)C)cc(OC)c1. The van der Waals surface area contributed by atoms with Crippen LogP contribution < -0.4 is 14.8 Å². The summed E-state index contributed by atoms with van der Waals surface area (Å²) in [6.07, 6.45) is 0. The molecule has 0 aliphatic carbocycles. The Balaban J connectivity index is 2.61. The van der Waals surface area contributed by atoms with Crippen molar-refractivity contribution in [1.29, 1.82) is 0 Å². The van der Waals surface area contributed by atoms with Crippen molar-refractivity contribution in [3.8, 4) is 11.5 Å². The van der Waals surface area contributed by atoms with Crippen LogP contribution in [0, 0.1) is 5.92 Å². The molecule has 1 atom stereocenters. The fourth-order valence-electron chi connectivity index (χ4n) is 2.35. The van der Waals surface area contributed by atoms with Crippen LogP contribution in [0.5, 0.6) is 11.5 Å². The molecule has 0 aliphatic rings. The Labute approximate surface area is 123 Å². The van der Waals surface area contributed by atoms with Crippen LogP contribution in [0.1, 0.15) is 19.4 Å². The van der Waals surface area contributed by atoms with Crippen molar-refractivity contribution in [3.05, 3.63) is 23.8 Å². The maximum Gasteiger partial charge on any atom is 0.122 e. The largest absolute Gasteiger partial charge is 0.497 e. The molecule has 0 fully saturated rings. The average molecular weight is 280 g/mol. The van der Waals surface area contributed by atoms with Crippen LogP contribution in [0.4, 0.5) is 0 Å². The van der Waals surface area contributed by atoms with E-state index >= 15 is 0 Å². The molecule has 0 bridgehead atoms. The molecule has 1 unspecified atom stereocenters. The van der Waals surface area contributed by atoms with Crippen molar-refractivity contribution < 1.29 is 9.47 Å². The summed E-state index contributed by atoms with van der Waals surface area (Å²) >= 11 is 0. The minimum Gasteiger partial charge on any atom is -0.497 e. The van der Waals surface area contributed by atoms with Crippen LogP contribution in [-0.4, -0.2) is 45.8 Å². The van der Waals surface area contributed by atoms with E-state index in [1.54, 1.807) is 14.2 Å². The second-order valence-corrected chi connectivity index (χ2v) is 5.63. The smallest absolute Gasteiger partial charge is 0.122 e. The van der Waals surface area contributed by atoms with Gasteiger partial charge in [0.2, 0.25) is 0 Å². The van der Waals surface area contributed by atoms with E-state index in [4.69, 9.17) is 9.47 Å². The summed E-state index contributed by atoms with van der Waals surface area (Å²) in [5, 5.41) is 3.51. The van der Waals surface area contributed by atoms with E-state index < -0.39 is 0 Å². The lowest BCUT2D eigenvalue weighted by molar-refractivity contribution is 0.224. The number of hydrogen-bond donors (Lipinski definition) is 1. The third kappa shape index (κ3) is 5.02. The third-order valence-corrected chi connectivity index (χ3v) is 3.53. The van der Waals surface area contributed by atoms with Crippen molar-refractivity contribution in [1.82, 2.24) is 10.2 Å². The van der Waals surface area contributed by atoms with Gasteiger partial charge >= 0.3 is 0 Å².